The summed E-state index contributed by atoms with van der Waals surface area (Å²) in [6.45, 7) is 3.68. The summed E-state index contributed by atoms with van der Waals surface area (Å²) in [7, 11) is -1.85. The fourth-order valence-electron chi connectivity index (χ4n) is 3.57. The number of carbonyl (C=O) groups is 1. The van der Waals surface area contributed by atoms with Crippen LogP contribution in [0.2, 0.25) is 0 Å². The molecule has 196 valence electrons. The minimum Gasteiger partial charge on any atom is -0.488 e. The maximum absolute atomic E-state index is 11.7. The number of nitrogens with one attached hydrogen (secondary N) is 1. The number of aliphatic imine (C=N–C) groups is 1. The standard InChI is InChI=1S/C25H27N3O8S/c1-15(13-33-3)35-18-9-16(10-19(11-18)36-17-5-8-22(26-12-17)37(4,31)32)20-6-7-21(27-20)23-28-25(2,14-34-23)24(29)30/h5-12,15,27H,13-14H2,1-4H3,(H,29,30)/t15-,25-/m0/s1. The second-order valence-electron chi connectivity index (χ2n) is 8.85. The molecular weight excluding hydrogens is 502 g/mol. The zero-order valence-corrected chi connectivity index (χ0v) is 21.5. The average molecular weight is 530 g/mol. The number of ether oxygens (including phenoxy) is 4. The number of aromatic nitrogens is 2. The lowest BCUT2D eigenvalue weighted by atomic mass is 10.1. The van der Waals surface area contributed by atoms with E-state index in [1.54, 1.807) is 25.3 Å². The first-order chi connectivity index (χ1) is 17.5. The van der Waals surface area contributed by atoms with Gasteiger partial charge in [0, 0.05) is 30.7 Å². The number of hydrogen-bond acceptors (Lipinski definition) is 9. The fraction of sp³-hybridized carbons (Fsp3) is 0.320. The number of aliphatic carboxylic acids is 1. The molecule has 11 nitrogen and oxygen atoms in total. The molecule has 0 saturated heterocycles. The van der Waals surface area contributed by atoms with Gasteiger partial charge in [-0.15, -0.1) is 0 Å². The van der Waals surface area contributed by atoms with Crippen LogP contribution < -0.4 is 9.47 Å². The molecule has 1 aromatic carbocycles. The molecule has 3 aromatic rings. The van der Waals surface area contributed by atoms with Gasteiger partial charge in [-0.3, -0.25) is 0 Å². The van der Waals surface area contributed by atoms with E-state index in [1.165, 1.54) is 25.3 Å². The maximum Gasteiger partial charge on any atom is 0.335 e. The third kappa shape index (κ3) is 6.09. The zero-order chi connectivity index (χ0) is 26.8. The number of aromatic amines is 1. The number of H-pyrrole nitrogens is 1. The Morgan fingerprint density at radius 3 is 2.51 bits per heavy atom. The lowest BCUT2D eigenvalue weighted by Gasteiger charge is -2.16. The highest BCUT2D eigenvalue weighted by molar-refractivity contribution is 7.90. The van der Waals surface area contributed by atoms with Crippen molar-refractivity contribution in [2.75, 3.05) is 26.6 Å². The highest BCUT2D eigenvalue weighted by atomic mass is 32.2. The maximum atomic E-state index is 11.7. The first-order valence-electron chi connectivity index (χ1n) is 11.3. The van der Waals surface area contributed by atoms with Crippen molar-refractivity contribution in [2.24, 2.45) is 4.99 Å². The van der Waals surface area contributed by atoms with Crippen molar-refractivity contribution in [3.8, 4) is 28.5 Å². The van der Waals surface area contributed by atoms with Crippen LogP contribution in [0.25, 0.3) is 11.3 Å². The van der Waals surface area contributed by atoms with Gasteiger partial charge in [-0.1, -0.05) is 0 Å². The van der Waals surface area contributed by atoms with Gasteiger partial charge in [0.2, 0.25) is 5.90 Å². The molecule has 0 amide bonds. The molecule has 1 aliphatic rings. The molecule has 12 heteroatoms. The molecule has 0 radical (unpaired) electrons. The van der Waals surface area contributed by atoms with Crippen LogP contribution in [-0.4, -0.2) is 73.6 Å². The van der Waals surface area contributed by atoms with Crippen LogP contribution in [0.15, 0.2) is 58.7 Å². The van der Waals surface area contributed by atoms with Gasteiger partial charge >= 0.3 is 5.97 Å². The largest absolute Gasteiger partial charge is 0.488 e. The van der Waals surface area contributed by atoms with E-state index in [0.29, 0.717) is 40.8 Å². The van der Waals surface area contributed by atoms with Crippen LogP contribution in [0.1, 0.15) is 19.5 Å². The summed E-state index contributed by atoms with van der Waals surface area (Å²) in [6.07, 6.45) is 2.18. The van der Waals surface area contributed by atoms with Crippen molar-refractivity contribution in [3.63, 3.8) is 0 Å². The van der Waals surface area contributed by atoms with Crippen LogP contribution in [0.5, 0.6) is 17.2 Å². The van der Waals surface area contributed by atoms with E-state index in [9.17, 15) is 18.3 Å². The molecule has 0 saturated carbocycles. The van der Waals surface area contributed by atoms with Gasteiger partial charge in [-0.2, -0.15) is 0 Å². The molecule has 0 bridgehead atoms. The lowest BCUT2D eigenvalue weighted by molar-refractivity contribution is -0.142. The molecule has 0 spiro atoms. The minimum atomic E-state index is -3.43. The van der Waals surface area contributed by atoms with Gasteiger partial charge in [0.25, 0.3) is 0 Å². The van der Waals surface area contributed by atoms with Gasteiger partial charge in [-0.05, 0) is 50.2 Å². The number of rotatable bonds is 10. The number of sulfone groups is 1. The molecule has 0 fully saturated rings. The van der Waals surface area contributed by atoms with E-state index in [0.717, 1.165) is 6.26 Å². The second kappa shape index (κ2) is 10.2. The summed E-state index contributed by atoms with van der Waals surface area (Å²) in [4.78, 5) is 22.9. The van der Waals surface area contributed by atoms with Crippen molar-refractivity contribution in [1.82, 2.24) is 9.97 Å². The normalized spacial score (nSPS) is 18.1. The van der Waals surface area contributed by atoms with Crippen molar-refractivity contribution in [2.45, 2.75) is 30.5 Å². The van der Waals surface area contributed by atoms with Gasteiger partial charge in [0.15, 0.2) is 20.4 Å². The number of carboxylic acids is 1. The van der Waals surface area contributed by atoms with Crippen LogP contribution in [0.4, 0.5) is 0 Å². The molecule has 0 unspecified atom stereocenters. The summed E-state index contributed by atoms with van der Waals surface area (Å²) in [5.41, 5.74) is 0.587. The Hall–Kier alpha value is -3.90. The Labute approximate surface area is 214 Å². The van der Waals surface area contributed by atoms with Crippen LogP contribution >= 0.6 is 0 Å². The SMILES string of the molecule is COC[C@H](C)Oc1cc(Oc2ccc(S(C)(=O)=O)nc2)cc(-c2ccc(C3=N[C@](C)(C(=O)O)CO3)[nH]2)c1. The fourth-order valence-corrected chi connectivity index (χ4v) is 4.13. The summed E-state index contributed by atoms with van der Waals surface area (Å²) >= 11 is 0. The molecule has 37 heavy (non-hydrogen) atoms. The molecule has 0 aliphatic carbocycles. The molecule has 2 N–H and O–H groups in total. The van der Waals surface area contributed by atoms with Gasteiger partial charge in [0.05, 0.1) is 12.8 Å². The predicted octanol–water partition coefficient (Wildman–Crippen LogP) is 3.31. The molecule has 2 atom stereocenters. The van der Waals surface area contributed by atoms with E-state index in [-0.39, 0.29) is 23.6 Å². The molecule has 4 rings (SSSR count). The summed E-state index contributed by atoms with van der Waals surface area (Å²) in [5, 5.41) is 9.34. The Morgan fingerprint density at radius 1 is 1.16 bits per heavy atom. The third-order valence-electron chi connectivity index (χ3n) is 5.47. The molecule has 1 aliphatic heterocycles. The number of methoxy groups -OCH3 is 1. The molecule has 2 aromatic heterocycles. The minimum absolute atomic E-state index is 0.0547. The Balaban J connectivity index is 1.65. The average Bonchev–Trinajstić information content (AvgIpc) is 3.47. The predicted molar refractivity (Wildman–Crippen MR) is 134 cm³/mol. The number of nitrogens with zero attached hydrogens (tertiary/aromatic N) is 2. The van der Waals surface area contributed by atoms with Crippen LogP contribution in [0.3, 0.4) is 0 Å². The van der Waals surface area contributed by atoms with Gasteiger partial charge in [0.1, 0.15) is 35.7 Å². The summed E-state index contributed by atoms with van der Waals surface area (Å²) in [6, 6.07) is 11.7. The number of benzene rings is 1. The molecular formula is C25H27N3O8S. The van der Waals surface area contributed by atoms with Crippen LogP contribution in [-0.2, 0) is 24.1 Å². The molecule has 3 heterocycles. The van der Waals surface area contributed by atoms with Gasteiger partial charge in [-0.25, -0.2) is 23.2 Å². The highest BCUT2D eigenvalue weighted by Gasteiger charge is 2.40. The van der Waals surface area contributed by atoms with E-state index in [4.69, 9.17) is 18.9 Å². The highest BCUT2D eigenvalue weighted by Crippen LogP contribution is 2.33. The van der Waals surface area contributed by atoms with Crippen molar-refractivity contribution < 1.29 is 37.3 Å². The topological polar surface area (TPSA) is 149 Å². The monoisotopic (exact) mass is 529 g/mol. The number of hydrogen-bond donors (Lipinski definition) is 2. The second-order valence-corrected chi connectivity index (χ2v) is 10.8. The van der Waals surface area contributed by atoms with E-state index in [1.807, 2.05) is 19.1 Å². The Bertz CT molecular complexity index is 1430. The van der Waals surface area contributed by atoms with Crippen molar-refractivity contribution in [1.29, 1.82) is 0 Å². The third-order valence-corrected chi connectivity index (χ3v) is 6.47. The van der Waals surface area contributed by atoms with E-state index >= 15 is 0 Å². The first kappa shape index (κ1) is 26.2. The lowest BCUT2D eigenvalue weighted by Crippen LogP contribution is -2.34. The zero-order valence-electron chi connectivity index (χ0n) is 20.7. The van der Waals surface area contributed by atoms with Crippen molar-refractivity contribution >= 4 is 21.7 Å². The summed E-state index contributed by atoms with van der Waals surface area (Å²) in [5.74, 6) is 0.433. The van der Waals surface area contributed by atoms with Crippen molar-refractivity contribution in [3.05, 3.63) is 54.4 Å². The first-order valence-corrected chi connectivity index (χ1v) is 13.2. The summed E-state index contributed by atoms with van der Waals surface area (Å²) < 4.78 is 46.0. The Morgan fingerprint density at radius 2 is 1.89 bits per heavy atom. The Kier molecular flexibility index (Phi) is 7.23. The van der Waals surface area contributed by atoms with E-state index in [2.05, 4.69) is 15.0 Å². The van der Waals surface area contributed by atoms with Crippen LogP contribution in [0, 0.1) is 0 Å². The number of pyridine rings is 1. The quantitative estimate of drug-likeness (QED) is 0.403. The van der Waals surface area contributed by atoms with E-state index < -0.39 is 21.3 Å². The smallest absolute Gasteiger partial charge is 0.335 e. The number of carboxylic acid groups (broad SMARTS) is 1. The van der Waals surface area contributed by atoms with Gasteiger partial charge < -0.3 is 29.0 Å².